The van der Waals surface area contributed by atoms with E-state index in [1.165, 1.54) is 0 Å². The molecule has 1 N–H and O–H groups in total. The van der Waals surface area contributed by atoms with Gasteiger partial charge >= 0.3 is 5.97 Å². The Balaban J connectivity index is 2.59. The fourth-order valence-electron chi connectivity index (χ4n) is 1.40. The van der Waals surface area contributed by atoms with E-state index in [4.69, 9.17) is 14.6 Å². The SMILES string of the molecule is COCc1cccc(O[C@@H](C)CC(=O)O)c1. The molecular formula is C12H16O4. The van der Waals surface area contributed by atoms with Crippen molar-refractivity contribution in [3.63, 3.8) is 0 Å². The molecule has 0 saturated heterocycles. The van der Waals surface area contributed by atoms with Crippen molar-refractivity contribution in [2.75, 3.05) is 7.11 Å². The summed E-state index contributed by atoms with van der Waals surface area (Å²) in [5.41, 5.74) is 1.00. The number of ether oxygens (including phenoxy) is 2. The lowest BCUT2D eigenvalue weighted by Gasteiger charge is -2.13. The summed E-state index contributed by atoms with van der Waals surface area (Å²) in [5.74, 6) is -0.191. The van der Waals surface area contributed by atoms with Crippen molar-refractivity contribution < 1.29 is 19.4 Å². The van der Waals surface area contributed by atoms with Gasteiger partial charge in [-0.15, -0.1) is 0 Å². The number of methoxy groups -OCH3 is 1. The van der Waals surface area contributed by atoms with Crippen LogP contribution in [0.25, 0.3) is 0 Å². The molecule has 0 radical (unpaired) electrons. The molecule has 0 aliphatic heterocycles. The van der Waals surface area contributed by atoms with Crippen LogP contribution in [-0.2, 0) is 16.1 Å². The van der Waals surface area contributed by atoms with E-state index in [9.17, 15) is 4.79 Å². The lowest BCUT2D eigenvalue weighted by Crippen LogP contribution is -2.16. The van der Waals surface area contributed by atoms with E-state index in [0.29, 0.717) is 12.4 Å². The van der Waals surface area contributed by atoms with Crippen LogP contribution < -0.4 is 4.74 Å². The molecule has 88 valence electrons. The molecule has 1 aromatic rings. The van der Waals surface area contributed by atoms with Gasteiger partial charge in [-0.25, -0.2) is 0 Å². The standard InChI is InChI=1S/C12H16O4/c1-9(6-12(13)14)16-11-5-3-4-10(7-11)8-15-2/h3-5,7,9H,6,8H2,1-2H3,(H,13,14)/t9-/m0/s1. The number of carboxylic acids is 1. The Morgan fingerprint density at radius 1 is 1.50 bits per heavy atom. The second-order valence-electron chi connectivity index (χ2n) is 3.61. The molecule has 1 rings (SSSR count). The number of aliphatic carboxylic acids is 1. The maximum atomic E-state index is 10.5. The lowest BCUT2D eigenvalue weighted by molar-refractivity contribution is -0.138. The van der Waals surface area contributed by atoms with Gasteiger partial charge in [0.1, 0.15) is 11.9 Å². The monoisotopic (exact) mass is 224 g/mol. The molecule has 0 aromatic heterocycles. The van der Waals surface area contributed by atoms with Crippen LogP contribution in [0.4, 0.5) is 0 Å². The molecule has 0 amide bonds. The molecule has 0 spiro atoms. The van der Waals surface area contributed by atoms with E-state index in [-0.39, 0.29) is 12.5 Å². The minimum atomic E-state index is -0.861. The predicted octanol–water partition coefficient (Wildman–Crippen LogP) is 2.08. The van der Waals surface area contributed by atoms with Gasteiger partial charge in [-0.1, -0.05) is 12.1 Å². The molecule has 0 unspecified atom stereocenters. The van der Waals surface area contributed by atoms with Gasteiger partial charge in [-0.2, -0.15) is 0 Å². The number of carbonyl (C=O) groups is 1. The van der Waals surface area contributed by atoms with Gasteiger partial charge in [0.15, 0.2) is 0 Å². The van der Waals surface area contributed by atoms with Crippen molar-refractivity contribution >= 4 is 5.97 Å². The maximum absolute atomic E-state index is 10.5. The zero-order chi connectivity index (χ0) is 12.0. The van der Waals surface area contributed by atoms with E-state index in [1.54, 1.807) is 20.1 Å². The van der Waals surface area contributed by atoms with E-state index >= 15 is 0 Å². The zero-order valence-electron chi connectivity index (χ0n) is 9.47. The summed E-state index contributed by atoms with van der Waals surface area (Å²) in [6, 6.07) is 7.44. The quantitative estimate of drug-likeness (QED) is 0.803. The summed E-state index contributed by atoms with van der Waals surface area (Å²) in [6.07, 6.45) is -0.343. The first-order valence-corrected chi connectivity index (χ1v) is 5.08. The second-order valence-corrected chi connectivity index (χ2v) is 3.61. The van der Waals surface area contributed by atoms with Gasteiger partial charge in [0, 0.05) is 7.11 Å². The normalized spacial score (nSPS) is 12.1. The average Bonchev–Trinajstić information content (AvgIpc) is 2.17. The summed E-state index contributed by atoms with van der Waals surface area (Å²) in [7, 11) is 1.63. The van der Waals surface area contributed by atoms with Crippen molar-refractivity contribution in [3.8, 4) is 5.75 Å². The molecule has 0 heterocycles. The molecule has 0 fully saturated rings. The second kappa shape index (κ2) is 6.12. The van der Waals surface area contributed by atoms with Crippen molar-refractivity contribution in [2.24, 2.45) is 0 Å². The van der Waals surface area contributed by atoms with Gasteiger partial charge < -0.3 is 14.6 Å². The average molecular weight is 224 g/mol. The largest absolute Gasteiger partial charge is 0.490 e. The molecule has 0 aliphatic rings. The number of benzene rings is 1. The summed E-state index contributed by atoms with van der Waals surface area (Å²) >= 11 is 0. The van der Waals surface area contributed by atoms with Gasteiger partial charge in [0.05, 0.1) is 13.0 Å². The van der Waals surface area contributed by atoms with Crippen molar-refractivity contribution in [2.45, 2.75) is 26.1 Å². The fourth-order valence-corrected chi connectivity index (χ4v) is 1.40. The minimum absolute atomic E-state index is 0.00545. The van der Waals surface area contributed by atoms with Crippen LogP contribution in [0.5, 0.6) is 5.75 Å². The molecule has 0 saturated carbocycles. The fraction of sp³-hybridized carbons (Fsp3) is 0.417. The predicted molar refractivity (Wildman–Crippen MR) is 59.5 cm³/mol. The summed E-state index contributed by atoms with van der Waals surface area (Å²) in [4.78, 5) is 10.5. The Hall–Kier alpha value is -1.55. The van der Waals surface area contributed by atoms with E-state index in [0.717, 1.165) is 5.56 Å². The Bertz CT molecular complexity index is 349. The Kier molecular flexibility index (Phi) is 4.79. The number of rotatable bonds is 6. The highest BCUT2D eigenvalue weighted by Gasteiger charge is 2.09. The van der Waals surface area contributed by atoms with Crippen molar-refractivity contribution in [3.05, 3.63) is 29.8 Å². The van der Waals surface area contributed by atoms with Crippen LogP contribution in [0.2, 0.25) is 0 Å². The van der Waals surface area contributed by atoms with Crippen LogP contribution in [0.15, 0.2) is 24.3 Å². The van der Waals surface area contributed by atoms with Gasteiger partial charge in [0.25, 0.3) is 0 Å². The summed E-state index contributed by atoms with van der Waals surface area (Å²) in [6.45, 7) is 2.25. The first-order valence-electron chi connectivity index (χ1n) is 5.08. The highest BCUT2D eigenvalue weighted by Crippen LogP contribution is 2.16. The van der Waals surface area contributed by atoms with Crippen LogP contribution in [0, 0.1) is 0 Å². The van der Waals surface area contributed by atoms with Crippen molar-refractivity contribution in [1.29, 1.82) is 0 Å². The molecule has 4 nitrogen and oxygen atoms in total. The van der Waals surface area contributed by atoms with E-state index < -0.39 is 5.97 Å². The van der Waals surface area contributed by atoms with Crippen LogP contribution in [-0.4, -0.2) is 24.3 Å². The molecular weight excluding hydrogens is 208 g/mol. The third kappa shape index (κ3) is 4.31. The molecule has 0 bridgehead atoms. The van der Waals surface area contributed by atoms with E-state index in [1.807, 2.05) is 18.2 Å². The van der Waals surface area contributed by atoms with Gasteiger partial charge in [0.2, 0.25) is 0 Å². The molecule has 0 aliphatic carbocycles. The van der Waals surface area contributed by atoms with Crippen LogP contribution >= 0.6 is 0 Å². The first kappa shape index (κ1) is 12.5. The Morgan fingerprint density at radius 2 is 2.25 bits per heavy atom. The van der Waals surface area contributed by atoms with Crippen molar-refractivity contribution in [1.82, 2.24) is 0 Å². The molecule has 4 heteroatoms. The highest BCUT2D eigenvalue weighted by atomic mass is 16.5. The minimum Gasteiger partial charge on any atom is -0.490 e. The third-order valence-corrected chi connectivity index (χ3v) is 2.01. The Labute approximate surface area is 94.8 Å². The third-order valence-electron chi connectivity index (χ3n) is 2.01. The van der Waals surface area contributed by atoms with Gasteiger partial charge in [-0.3, -0.25) is 4.79 Å². The summed E-state index contributed by atoms with van der Waals surface area (Å²) < 4.78 is 10.5. The highest BCUT2D eigenvalue weighted by molar-refractivity contribution is 5.67. The molecule has 1 aromatic carbocycles. The Morgan fingerprint density at radius 3 is 2.88 bits per heavy atom. The summed E-state index contributed by atoms with van der Waals surface area (Å²) in [5, 5.41) is 8.60. The maximum Gasteiger partial charge on any atom is 0.307 e. The first-order chi connectivity index (χ1) is 7.61. The topological polar surface area (TPSA) is 55.8 Å². The molecule has 16 heavy (non-hydrogen) atoms. The van der Waals surface area contributed by atoms with Crippen LogP contribution in [0.3, 0.4) is 0 Å². The lowest BCUT2D eigenvalue weighted by atomic mass is 10.2. The smallest absolute Gasteiger partial charge is 0.307 e. The number of hydrogen-bond donors (Lipinski definition) is 1. The molecule has 1 atom stereocenters. The van der Waals surface area contributed by atoms with Crippen LogP contribution in [0.1, 0.15) is 18.9 Å². The number of carboxylic acid groups (broad SMARTS) is 1. The number of hydrogen-bond acceptors (Lipinski definition) is 3. The zero-order valence-corrected chi connectivity index (χ0v) is 9.47. The van der Waals surface area contributed by atoms with E-state index in [2.05, 4.69) is 0 Å². The van der Waals surface area contributed by atoms with Gasteiger partial charge in [-0.05, 0) is 24.6 Å².